The number of rotatable bonds is 68. The van der Waals surface area contributed by atoms with Gasteiger partial charge in [0, 0.05) is 6.42 Å². The number of hydrogen-bond acceptors (Lipinski definition) is 8. The second-order valence-corrected chi connectivity index (χ2v) is 26.8. The molecule has 1 rings (SSSR count). The van der Waals surface area contributed by atoms with Crippen LogP contribution in [0.4, 0.5) is 0 Å². The summed E-state index contributed by atoms with van der Waals surface area (Å²) in [5.74, 6) is -0.168. The number of allylic oxidation sites excluding steroid dienone is 5. The summed E-state index contributed by atoms with van der Waals surface area (Å²) in [4.78, 5) is 13.2. The molecule has 1 saturated heterocycles. The summed E-state index contributed by atoms with van der Waals surface area (Å²) >= 11 is 0. The van der Waals surface area contributed by atoms with E-state index in [-0.39, 0.29) is 12.5 Å². The summed E-state index contributed by atoms with van der Waals surface area (Å²) in [7, 11) is 0. The molecule has 86 heavy (non-hydrogen) atoms. The summed E-state index contributed by atoms with van der Waals surface area (Å²) in [5.41, 5.74) is 0. The van der Waals surface area contributed by atoms with E-state index < -0.39 is 49.5 Å². The molecule has 1 aliphatic heterocycles. The Kier molecular flexibility index (Phi) is 63.6. The number of carbonyl (C=O) groups is 1. The lowest BCUT2D eigenvalue weighted by atomic mass is 9.99. The number of ether oxygens (including phenoxy) is 2. The van der Waals surface area contributed by atoms with Crippen LogP contribution in [0.5, 0.6) is 0 Å². The quantitative estimate of drug-likeness (QED) is 0.0261. The van der Waals surface area contributed by atoms with E-state index in [4.69, 9.17) is 9.47 Å². The average molecular weight is 1220 g/mol. The normalized spacial score (nSPS) is 18.2. The average Bonchev–Trinajstić information content (AvgIpc) is 3.55. The number of hydrogen-bond donors (Lipinski definition) is 6. The highest BCUT2D eigenvalue weighted by atomic mass is 16.7. The molecule has 1 amide bonds. The van der Waals surface area contributed by atoms with Gasteiger partial charge in [-0.3, -0.25) is 4.79 Å². The van der Waals surface area contributed by atoms with Gasteiger partial charge in [-0.2, -0.15) is 0 Å². The first-order chi connectivity index (χ1) is 42.3. The Hall–Kier alpha value is -1.59. The van der Waals surface area contributed by atoms with Gasteiger partial charge in [-0.05, 0) is 51.4 Å². The van der Waals surface area contributed by atoms with Crippen LogP contribution in [0.1, 0.15) is 393 Å². The first-order valence-corrected chi connectivity index (χ1v) is 38.2. The Bertz CT molecular complexity index is 1450. The van der Waals surface area contributed by atoms with Gasteiger partial charge >= 0.3 is 0 Å². The van der Waals surface area contributed by atoms with E-state index >= 15 is 0 Å². The van der Waals surface area contributed by atoms with Crippen molar-refractivity contribution < 1.29 is 39.8 Å². The molecular formula is C77H147NO8. The van der Waals surface area contributed by atoms with E-state index in [1.807, 2.05) is 6.08 Å². The van der Waals surface area contributed by atoms with Crippen LogP contribution in [0.2, 0.25) is 0 Å². The number of carbonyl (C=O) groups excluding carboxylic acids is 1. The summed E-state index contributed by atoms with van der Waals surface area (Å²) < 4.78 is 11.3. The van der Waals surface area contributed by atoms with Crippen molar-refractivity contribution in [3.63, 3.8) is 0 Å². The molecule has 6 N–H and O–H groups in total. The molecule has 9 heteroatoms. The summed E-state index contributed by atoms with van der Waals surface area (Å²) in [6, 6.07) is -0.804. The van der Waals surface area contributed by atoms with Crippen LogP contribution in [-0.4, -0.2) is 87.5 Å². The summed E-state index contributed by atoms with van der Waals surface area (Å²) in [5, 5.41) is 54.8. The fourth-order valence-electron chi connectivity index (χ4n) is 12.5. The van der Waals surface area contributed by atoms with Crippen molar-refractivity contribution >= 4 is 5.91 Å². The molecule has 1 heterocycles. The maximum Gasteiger partial charge on any atom is 0.220 e. The topological polar surface area (TPSA) is 149 Å². The Morgan fingerprint density at radius 3 is 1.00 bits per heavy atom. The van der Waals surface area contributed by atoms with Crippen LogP contribution in [0, 0.1) is 0 Å². The van der Waals surface area contributed by atoms with Crippen molar-refractivity contribution in [3.8, 4) is 0 Å². The van der Waals surface area contributed by atoms with E-state index in [1.54, 1.807) is 6.08 Å². The number of aliphatic hydroxyl groups is 5. The molecule has 0 aromatic carbocycles. The van der Waals surface area contributed by atoms with Crippen LogP contribution in [-0.2, 0) is 14.3 Å². The fraction of sp³-hybridized carbons (Fsp3) is 0.909. The zero-order chi connectivity index (χ0) is 62.1. The monoisotopic (exact) mass is 1210 g/mol. The lowest BCUT2D eigenvalue weighted by molar-refractivity contribution is -0.302. The predicted molar refractivity (Wildman–Crippen MR) is 369 cm³/mol. The molecule has 0 bridgehead atoms. The first kappa shape index (κ1) is 82.4. The lowest BCUT2D eigenvalue weighted by Crippen LogP contribution is -2.60. The minimum absolute atomic E-state index is 0.168. The van der Waals surface area contributed by atoms with E-state index in [0.717, 1.165) is 44.9 Å². The standard InChI is InChI=1S/C77H147NO8/c1-3-5-7-9-11-13-15-17-19-21-23-25-27-29-30-31-32-33-34-35-36-37-38-39-40-41-42-43-45-47-49-51-53-55-57-59-61-63-65-67-73(81)78-70(69-85-77-76(84)75(83)74(82)72(68-79)86-77)71(80)66-64-62-60-58-56-54-52-50-48-46-44-28-26-24-22-20-18-16-14-12-10-8-6-4-2/h15,17,21,23,64,66,70-72,74-77,79-80,82-84H,3-14,16,18-20,22,24-63,65,67-69H2,1-2H3,(H,78,81)/b17-15-,23-21-,66-64+. The third-order valence-corrected chi connectivity index (χ3v) is 18.5. The second kappa shape index (κ2) is 66.3. The SMILES string of the molecule is CCCCCCC/C=C\C/C=C\CCCCCCCCCCCCCCCCCCCCCCCCCCCCCC(=O)NC(COC1OC(CO)C(O)C(O)C1O)C(O)/C=C/CCCCCCCCCCCCCCCCCCCCCCCC. The van der Waals surface area contributed by atoms with Gasteiger partial charge in [-0.1, -0.05) is 371 Å². The van der Waals surface area contributed by atoms with Gasteiger partial charge in [0.1, 0.15) is 24.4 Å². The van der Waals surface area contributed by atoms with E-state index in [0.29, 0.717) is 6.42 Å². The molecule has 0 aromatic heterocycles. The molecule has 0 aromatic rings. The van der Waals surface area contributed by atoms with Crippen molar-refractivity contribution in [2.45, 2.75) is 436 Å². The second-order valence-electron chi connectivity index (χ2n) is 26.8. The Labute approximate surface area is 533 Å². The third-order valence-electron chi connectivity index (χ3n) is 18.5. The summed E-state index contributed by atoms with van der Waals surface area (Å²) in [6.45, 7) is 3.83. The van der Waals surface area contributed by atoms with Crippen molar-refractivity contribution in [1.29, 1.82) is 0 Å². The largest absolute Gasteiger partial charge is 0.394 e. The Balaban J connectivity index is 2.05. The molecule has 0 saturated carbocycles. The molecule has 1 aliphatic rings. The lowest BCUT2D eigenvalue weighted by Gasteiger charge is -2.40. The summed E-state index contributed by atoms with van der Waals surface area (Å²) in [6.07, 6.45) is 82.8. The van der Waals surface area contributed by atoms with Crippen molar-refractivity contribution in [3.05, 3.63) is 36.5 Å². The molecule has 7 atom stereocenters. The van der Waals surface area contributed by atoms with Gasteiger partial charge in [-0.15, -0.1) is 0 Å². The Morgan fingerprint density at radius 2 is 0.686 bits per heavy atom. The van der Waals surface area contributed by atoms with Crippen molar-refractivity contribution in [1.82, 2.24) is 5.32 Å². The van der Waals surface area contributed by atoms with Crippen LogP contribution >= 0.6 is 0 Å². The number of nitrogens with one attached hydrogen (secondary N) is 1. The number of aliphatic hydroxyl groups excluding tert-OH is 5. The smallest absolute Gasteiger partial charge is 0.220 e. The molecule has 1 fully saturated rings. The van der Waals surface area contributed by atoms with Crippen molar-refractivity contribution in [2.24, 2.45) is 0 Å². The molecule has 0 aliphatic carbocycles. The zero-order valence-corrected chi connectivity index (χ0v) is 57.1. The molecule has 508 valence electrons. The van der Waals surface area contributed by atoms with Gasteiger partial charge in [0.15, 0.2) is 6.29 Å². The number of amides is 1. The maximum atomic E-state index is 13.2. The van der Waals surface area contributed by atoms with Crippen LogP contribution in [0.15, 0.2) is 36.5 Å². The first-order valence-electron chi connectivity index (χ1n) is 38.2. The fourth-order valence-corrected chi connectivity index (χ4v) is 12.5. The predicted octanol–water partition coefficient (Wildman–Crippen LogP) is 21.4. The van der Waals surface area contributed by atoms with Gasteiger partial charge in [0.2, 0.25) is 5.91 Å². The highest BCUT2D eigenvalue weighted by Crippen LogP contribution is 2.24. The van der Waals surface area contributed by atoms with E-state index in [9.17, 15) is 30.3 Å². The molecule has 0 radical (unpaired) electrons. The molecular weight excluding hydrogens is 1070 g/mol. The molecule has 7 unspecified atom stereocenters. The Morgan fingerprint density at radius 1 is 0.395 bits per heavy atom. The minimum Gasteiger partial charge on any atom is -0.394 e. The van der Waals surface area contributed by atoms with Crippen LogP contribution in [0.3, 0.4) is 0 Å². The number of unbranched alkanes of at least 4 members (excludes halogenated alkanes) is 54. The van der Waals surface area contributed by atoms with Crippen LogP contribution < -0.4 is 5.32 Å². The maximum absolute atomic E-state index is 13.2. The zero-order valence-electron chi connectivity index (χ0n) is 57.1. The van der Waals surface area contributed by atoms with E-state index in [2.05, 4.69) is 43.5 Å². The highest BCUT2D eigenvalue weighted by molar-refractivity contribution is 5.76. The van der Waals surface area contributed by atoms with Gasteiger partial charge in [0.05, 0.1) is 25.4 Å². The van der Waals surface area contributed by atoms with Gasteiger partial charge < -0.3 is 40.3 Å². The highest BCUT2D eigenvalue weighted by Gasteiger charge is 2.44. The molecule has 0 spiro atoms. The van der Waals surface area contributed by atoms with E-state index in [1.165, 1.54) is 327 Å². The van der Waals surface area contributed by atoms with Gasteiger partial charge in [0.25, 0.3) is 0 Å². The molecule has 9 nitrogen and oxygen atoms in total. The minimum atomic E-state index is -1.57. The van der Waals surface area contributed by atoms with Crippen molar-refractivity contribution in [2.75, 3.05) is 13.2 Å². The third kappa shape index (κ3) is 54.2. The van der Waals surface area contributed by atoms with Crippen LogP contribution in [0.25, 0.3) is 0 Å². The van der Waals surface area contributed by atoms with Gasteiger partial charge in [-0.25, -0.2) is 0 Å².